The van der Waals surface area contributed by atoms with Gasteiger partial charge in [-0.25, -0.2) is 0 Å². The molecule has 0 unspecified atom stereocenters. The zero-order valence-electron chi connectivity index (χ0n) is 6.08. The molecule has 0 aliphatic heterocycles. The topological polar surface area (TPSA) is 101 Å². The monoisotopic (exact) mass is 216 g/mol. The van der Waals surface area contributed by atoms with Crippen molar-refractivity contribution >= 4 is 17.7 Å². The predicted molar refractivity (Wildman–Crippen MR) is 42.0 cm³/mol. The molecule has 2 N–H and O–H groups in total. The van der Waals surface area contributed by atoms with Crippen LogP contribution < -0.4 is 0 Å². The van der Waals surface area contributed by atoms with Crippen LogP contribution in [0.5, 0.6) is 0 Å². The molecule has 0 rings (SSSR count). The summed E-state index contributed by atoms with van der Waals surface area (Å²) in [5.74, 6) is 0. The highest BCUT2D eigenvalue weighted by Crippen LogP contribution is 2.33. The van der Waals surface area contributed by atoms with Crippen molar-refractivity contribution in [3.63, 3.8) is 0 Å². The molecule has 8 heteroatoms. The zero-order chi connectivity index (χ0) is 9.83. The highest BCUT2D eigenvalue weighted by atomic mass is 32.2. The summed E-state index contributed by atoms with van der Waals surface area (Å²) in [7, 11) is -8.01. The highest BCUT2D eigenvalue weighted by Gasteiger charge is 2.14. The Morgan fingerprint density at radius 1 is 1.50 bits per heavy atom. The Bertz CT molecular complexity index is 287. The minimum absolute atomic E-state index is 0.543. The molecule has 0 aliphatic rings. The highest BCUT2D eigenvalue weighted by molar-refractivity contribution is 7.89. The lowest BCUT2D eigenvalue weighted by atomic mass is 10.9. The van der Waals surface area contributed by atoms with E-state index in [1.807, 2.05) is 0 Å². The average Bonchev–Trinajstić information content (AvgIpc) is 1.84. The Balaban J connectivity index is 3.88. The third-order valence-corrected chi connectivity index (χ3v) is 2.50. The molecule has 0 aliphatic carbocycles. The van der Waals surface area contributed by atoms with Crippen molar-refractivity contribution in [1.82, 2.24) is 0 Å². The lowest BCUT2D eigenvalue weighted by molar-refractivity contribution is 0.321. The first kappa shape index (κ1) is 11.8. The van der Waals surface area contributed by atoms with Gasteiger partial charge < -0.3 is 9.79 Å². The van der Waals surface area contributed by atoms with Crippen molar-refractivity contribution in [2.75, 3.05) is 12.8 Å². The molecule has 0 saturated heterocycles. The molecule has 0 fully saturated rings. The van der Waals surface area contributed by atoms with E-state index in [-0.39, 0.29) is 0 Å². The fraction of sp³-hybridized carbons (Fsp3) is 0.500. The van der Waals surface area contributed by atoms with Crippen LogP contribution in [0.2, 0.25) is 0 Å². The number of hydrogen-bond donors (Lipinski definition) is 2. The van der Waals surface area contributed by atoms with Crippen molar-refractivity contribution in [2.45, 2.75) is 0 Å². The van der Waals surface area contributed by atoms with E-state index in [1.165, 1.54) is 0 Å². The van der Waals surface area contributed by atoms with E-state index in [2.05, 4.69) is 10.8 Å². The van der Waals surface area contributed by atoms with Crippen molar-refractivity contribution in [2.24, 2.45) is 0 Å². The van der Waals surface area contributed by atoms with Gasteiger partial charge in [0.15, 0.2) is 0 Å². The lowest BCUT2D eigenvalue weighted by Crippen LogP contribution is -2.06. The molecule has 6 nitrogen and oxygen atoms in total. The van der Waals surface area contributed by atoms with E-state index in [9.17, 15) is 13.0 Å². The molecule has 0 aromatic rings. The van der Waals surface area contributed by atoms with Crippen molar-refractivity contribution < 1.29 is 27.0 Å². The standard InChI is InChI=1S/C4H9O6PS/c1-2-12(8,9)10-3-4-11(5,6)7/h2H,1,3-4H2,(H2,5,6,7). The van der Waals surface area contributed by atoms with Gasteiger partial charge in [0.05, 0.1) is 18.2 Å². The first-order valence-electron chi connectivity index (χ1n) is 2.83. The Labute approximate surface area is 70.1 Å². The molecule has 0 bridgehead atoms. The minimum atomic E-state index is -4.19. The van der Waals surface area contributed by atoms with Gasteiger partial charge in [-0.1, -0.05) is 6.58 Å². The third kappa shape index (κ3) is 6.51. The molecule has 0 aromatic carbocycles. The summed E-state index contributed by atoms with van der Waals surface area (Å²) in [5.41, 5.74) is 0. The quantitative estimate of drug-likeness (QED) is 0.481. The second kappa shape index (κ2) is 4.15. The van der Waals surface area contributed by atoms with E-state index < -0.39 is 30.5 Å². The molecule has 72 valence electrons. The molecule has 0 radical (unpaired) electrons. The predicted octanol–water partition coefficient (Wildman–Crippen LogP) is -0.346. The molecule has 12 heavy (non-hydrogen) atoms. The van der Waals surface area contributed by atoms with Gasteiger partial charge in [-0.05, 0) is 0 Å². The van der Waals surface area contributed by atoms with Crippen LogP contribution in [0, 0.1) is 0 Å². The van der Waals surface area contributed by atoms with Gasteiger partial charge in [0.2, 0.25) is 0 Å². The fourth-order valence-electron chi connectivity index (χ4n) is 0.320. The third-order valence-electron chi connectivity index (χ3n) is 0.834. The molecule has 0 heterocycles. The maximum atomic E-state index is 10.5. The summed E-state index contributed by atoms with van der Waals surface area (Å²) in [6.07, 6.45) is -0.625. The van der Waals surface area contributed by atoms with Gasteiger partial charge in [-0.15, -0.1) is 0 Å². The van der Waals surface area contributed by atoms with Crippen molar-refractivity contribution in [1.29, 1.82) is 0 Å². The van der Waals surface area contributed by atoms with E-state index in [1.54, 1.807) is 0 Å². The first-order chi connectivity index (χ1) is 5.27. The van der Waals surface area contributed by atoms with E-state index >= 15 is 0 Å². The minimum Gasteiger partial charge on any atom is -0.324 e. The Hall–Kier alpha value is -0.200. The average molecular weight is 216 g/mol. The largest absolute Gasteiger partial charge is 0.327 e. The smallest absolute Gasteiger partial charge is 0.324 e. The summed E-state index contributed by atoms with van der Waals surface area (Å²) in [5, 5.41) is 0.562. The summed E-state index contributed by atoms with van der Waals surface area (Å²) in [6.45, 7) is 2.40. The molecular formula is C4H9O6PS. The molecular weight excluding hydrogens is 207 g/mol. The zero-order valence-corrected chi connectivity index (χ0v) is 7.79. The fourth-order valence-corrected chi connectivity index (χ4v) is 1.18. The van der Waals surface area contributed by atoms with Crippen LogP contribution in [0.3, 0.4) is 0 Å². The molecule has 0 saturated carbocycles. The van der Waals surface area contributed by atoms with Crippen LogP contribution in [0.4, 0.5) is 0 Å². The lowest BCUT2D eigenvalue weighted by Gasteiger charge is -2.02. The SMILES string of the molecule is C=CS(=O)(=O)OCCP(=O)(O)O. The molecule has 0 spiro atoms. The van der Waals surface area contributed by atoms with E-state index in [0.717, 1.165) is 0 Å². The van der Waals surface area contributed by atoms with Gasteiger partial charge in [0.25, 0.3) is 10.1 Å². The summed E-state index contributed by atoms with van der Waals surface area (Å²) < 4.78 is 35.3. The van der Waals surface area contributed by atoms with Gasteiger partial charge in [-0.2, -0.15) is 8.42 Å². The van der Waals surface area contributed by atoms with Gasteiger partial charge in [-0.3, -0.25) is 8.75 Å². The van der Waals surface area contributed by atoms with Crippen molar-refractivity contribution in [3.05, 3.63) is 12.0 Å². The van der Waals surface area contributed by atoms with Crippen LogP contribution >= 0.6 is 7.60 Å². The summed E-state index contributed by atoms with van der Waals surface area (Å²) in [6, 6.07) is 0. The number of rotatable bonds is 5. The Morgan fingerprint density at radius 2 is 2.00 bits per heavy atom. The van der Waals surface area contributed by atoms with Crippen LogP contribution in [0.1, 0.15) is 0 Å². The molecule has 0 aromatic heterocycles. The second-order valence-electron chi connectivity index (χ2n) is 1.87. The van der Waals surface area contributed by atoms with Gasteiger partial charge >= 0.3 is 7.60 Å². The van der Waals surface area contributed by atoms with Gasteiger partial charge in [0.1, 0.15) is 0 Å². The van der Waals surface area contributed by atoms with Crippen molar-refractivity contribution in [3.8, 4) is 0 Å². The van der Waals surface area contributed by atoms with E-state index in [4.69, 9.17) is 9.79 Å². The van der Waals surface area contributed by atoms with Crippen LogP contribution in [-0.4, -0.2) is 31.0 Å². The van der Waals surface area contributed by atoms with Crippen LogP contribution in [0.15, 0.2) is 12.0 Å². The maximum absolute atomic E-state index is 10.5. The number of hydrogen-bond acceptors (Lipinski definition) is 4. The summed E-state index contributed by atoms with van der Waals surface area (Å²) >= 11 is 0. The van der Waals surface area contributed by atoms with Crippen LogP contribution in [0.25, 0.3) is 0 Å². The Morgan fingerprint density at radius 3 is 2.33 bits per heavy atom. The Kier molecular flexibility index (Phi) is 4.09. The molecule has 0 atom stereocenters. The maximum Gasteiger partial charge on any atom is 0.327 e. The second-order valence-corrected chi connectivity index (χ2v) is 5.20. The van der Waals surface area contributed by atoms with Crippen LogP contribution in [-0.2, 0) is 18.9 Å². The first-order valence-corrected chi connectivity index (χ1v) is 6.10. The van der Waals surface area contributed by atoms with Gasteiger partial charge in [0, 0.05) is 0 Å². The molecule has 0 amide bonds. The van der Waals surface area contributed by atoms with E-state index in [0.29, 0.717) is 5.41 Å². The normalized spacial score (nSPS) is 12.8. The summed E-state index contributed by atoms with van der Waals surface area (Å²) in [4.78, 5) is 16.6.